The summed E-state index contributed by atoms with van der Waals surface area (Å²) < 4.78 is 6.47. The van der Waals surface area contributed by atoms with Gasteiger partial charge in [0, 0.05) is 33.5 Å². The van der Waals surface area contributed by atoms with E-state index in [2.05, 4.69) is 38.4 Å². The first-order valence-electron chi connectivity index (χ1n) is 6.35. The van der Waals surface area contributed by atoms with Gasteiger partial charge in [-0.3, -0.25) is 0 Å². The van der Waals surface area contributed by atoms with E-state index in [1.54, 1.807) is 7.11 Å². The zero-order valence-corrected chi connectivity index (χ0v) is 12.0. The number of halogens is 1. The first kappa shape index (κ1) is 12.1. The van der Waals surface area contributed by atoms with Crippen LogP contribution in [0.2, 0.25) is 0 Å². The monoisotopic (exact) mass is 308 g/mol. The summed E-state index contributed by atoms with van der Waals surface area (Å²) >= 11 is 3.74. The zero-order valence-electron chi connectivity index (χ0n) is 10.4. The molecule has 3 nitrogen and oxygen atoms in total. The topological polar surface area (TPSA) is 37.0 Å². The van der Waals surface area contributed by atoms with Crippen LogP contribution in [0, 0.1) is 0 Å². The van der Waals surface area contributed by atoms with Gasteiger partial charge >= 0.3 is 0 Å². The Hall–Kier alpha value is -1.00. The van der Waals surface area contributed by atoms with Crippen molar-refractivity contribution in [3.8, 4) is 5.75 Å². The van der Waals surface area contributed by atoms with Gasteiger partial charge in [-0.2, -0.15) is 0 Å². The SMILES string of the molecule is COc1ccc2[nH]c(C3CCCNC3)c(Br)c2c1. The highest BCUT2D eigenvalue weighted by Crippen LogP contribution is 2.36. The number of piperidine rings is 1. The highest BCUT2D eigenvalue weighted by Gasteiger charge is 2.21. The van der Waals surface area contributed by atoms with Crippen LogP contribution in [0.1, 0.15) is 24.5 Å². The van der Waals surface area contributed by atoms with Crippen molar-refractivity contribution in [2.45, 2.75) is 18.8 Å². The van der Waals surface area contributed by atoms with Crippen LogP contribution in [0.15, 0.2) is 22.7 Å². The van der Waals surface area contributed by atoms with Crippen molar-refractivity contribution >= 4 is 26.8 Å². The lowest BCUT2D eigenvalue weighted by atomic mass is 9.96. The van der Waals surface area contributed by atoms with E-state index in [0.29, 0.717) is 5.92 Å². The van der Waals surface area contributed by atoms with Crippen LogP contribution in [0.3, 0.4) is 0 Å². The summed E-state index contributed by atoms with van der Waals surface area (Å²) in [6, 6.07) is 6.16. The first-order valence-corrected chi connectivity index (χ1v) is 7.14. The van der Waals surface area contributed by atoms with Gasteiger partial charge in [0.15, 0.2) is 0 Å². The Bertz CT molecular complexity index is 558. The molecule has 1 aliphatic heterocycles. The van der Waals surface area contributed by atoms with Crippen LogP contribution < -0.4 is 10.1 Å². The van der Waals surface area contributed by atoms with Crippen LogP contribution in [0.25, 0.3) is 10.9 Å². The van der Waals surface area contributed by atoms with Gasteiger partial charge in [-0.15, -0.1) is 0 Å². The second kappa shape index (κ2) is 4.94. The smallest absolute Gasteiger partial charge is 0.119 e. The van der Waals surface area contributed by atoms with E-state index in [4.69, 9.17) is 4.74 Å². The largest absolute Gasteiger partial charge is 0.497 e. The van der Waals surface area contributed by atoms with E-state index >= 15 is 0 Å². The van der Waals surface area contributed by atoms with Crippen LogP contribution in [-0.4, -0.2) is 25.2 Å². The summed E-state index contributed by atoms with van der Waals surface area (Å²) in [4.78, 5) is 3.54. The maximum atomic E-state index is 5.28. The number of rotatable bonds is 2. The maximum Gasteiger partial charge on any atom is 0.119 e. The maximum absolute atomic E-state index is 5.28. The number of nitrogens with one attached hydrogen (secondary N) is 2. The second-order valence-electron chi connectivity index (χ2n) is 4.81. The van der Waals surface area contributed by atoms with Crippen LogP contribution in [0.4, 0.5) is 0 Å². The van der Waals surface area contributed by atoms with Gasteiger partial charge in [0.25, 0.3) is 0 Å². The summed E-state index contributed by atoms with van der Waals surface area (Å²) in [7, 11) is 1.70. The molecule has 0 radical (unpaired) electrons. The Balaban J connectivity index is 2.04. The fourth-order valence-electron chi connectivity index (χ4n) is 2.67. The molecule has 4 heteroatoms. The molecule has 0 spiro atoms. The van der Waals surface area contributed by atoms with E-state index in [0.717, 1.165) is 18.8 Å². The minimum atomic E-state index is 0.575. The molecular formula is C14H17BrN2O. The van der Waals surface area contributed by atoms with Crippen molar-refractivity contribution in [1.82, 2.24) is 10.3 Å². The number of benzene rings is 1. The minimum absolute atomic E-state index is 0.575. The van der Waals surface area contributed by atoms with Crippen molar-refractivity contribution in [2.75, 3.05) is 20.2 Å². The van der Waals surface area contributed by atoms with Crippen molar-refractivity contribution in [3.63, 3.8) is 0 Å². The summed E-state index contributed by atoms with van der Waals surface area (Å²) in [6.45, 7) is 2.20. The predicted octanol–water partition coefficient (Wildman–Crippen LogP) is 3.41. The molecule has 1 saturated heterocycles. The molecule has 2 N–H and O–H groups in total. The number of hydrogen-bond donors (Lipinski definition) is 2. The number of aromatic amines is 1. The number of aromatic nitrogens is 1. The zero-order chi connectivity index (χ0) is 12.5. The lowest BCUT2D eigenvalue weighted by Crippen LogP contribution is -2.28. The molecule has 1 unspecified atom stereocenters. The molecule has 3 rings (SSSR count). The molecule has 1 aromatic carbocycles. The molecule has 2 aromatic rings. The summed E-state index contributed by atoms with van der Waals surface area (Å²) in [5.74, 6) is 1.47. The van der Waals surface area contributed by atoms with Gasteiger partial charge < -0.3 is 15.0 Å². The first-order chi connectivity index (χ1) is 8.79. The standard InChI is InChI=1S/C14H17BrN2O/c1-18-10-4-5-12-11(7-10)13(15)14(17-12)9-3-2-6-16-8-9/h4-5,7,9,16-17H,2-3,6,8H2,1H3. The molecule has 0 bridgehead atoms. The van der Waals surface area contributed by atoms with Crippen molar-refractivity contribution in [3.05, 3.63) is 28.4 Å². The van der Waals surface area contributed by atoms with E-state index in [-0.39, 0.29) is 0 Å². The summed E-state index contributed by atoms with van der Waals surface area (Å²) in [6.07, 6.45) is 2.49. The Kier molecular flexibility index (Phi) is 3.31. The fraction of sp³-hybridized carbons (Fsp3) is 0.429. The van der Waals surface area contributed by atoms with E-state index in [1.165, 1.54) is 33.9 Å². The highest BCUT2D eigenvalue weighted by molar-refractivity contribution is 9.10. The molecule has 1 atom stereocenters. The van der Waals surface area contributed by atoms with E-state index < -0.39 is 0 Å². The quantitative estimate of drug-likeness (QED) is 0.892. The van der Waals surface area contributed by atoms with E-state index in [1.807, 2.05) is 6.07 Å². The van der Waals surface area contributed by atoms with Gasteiger partial charge in [0.2, 0.25) is 0 Å². The van der Waals surface area contributed by atoms with E-state index in [9.17, 15) is 0 Å². The van der Waals surface area contributed by atoms with Gasteiger partial charge in [-0.05, 0) is 53.5 Å². The Morgan fingerprint density at radius 2 is 2.28 bits per heavy atom. The third kappa shape index (κ3) is 2.04. The molecule has 2 heterocycles. The van der Waals surface area contributed by atoms with Crippen LogP contribution >= 0.6 is 15.9 Å². The third-order valence-corrected chi connectivity index (χ3v) is 4.53. The van der Waals surface area contributed by atoms with Gasteiger partial charge in [0.1, 0.15) is 5.75 Å². The number of ether oxygens (including phenoxy) is 1. The number of methoxy groups -OCH3 is 1. The molecule has 0 aliphatic carbocycles. The van der Waals surface area contributed by atoms with Gasteiger partial charge in [-0.1, -0.05) is 0 Å². The number of H-pyrrole nitrogens is 1. The molecule has 96 valence electrons. The average Bonchev–Trinajstić information content (AvgIpc) is 2.77. The Labute approximate surface area is 115 Å². The second-order valence-corrected chi connectivity index (χ2v) is 5.60. The molecule has 1 aliphatic rings. The predicted molar refractivity (Wildman–Crippen MR) is 77.4 cm³/mol. The molecule has 0 saturated carbocycles. The van der Waals surface area contributed by atoms with Gasteiger partial charge in [-0.25, -0.2) is 0 Å². The Morgan fingerprint density at radius 1 is 1.39 bits per heavy atom. The van der Waals surface area contributed by atoms with Crippen LogP contribution in [-0.2, 0) is 0 Å². The minimum Gasteiger partial charge on any atom is -0.497 e. The van der Waals surface area contributed by atoms with Crippen molar-refractivity contribution in [2.24, 2.45) is 0 Å². The normalized spacial score (nSPS) is 20.2. The molecule has 18 heavy (non-hydrogen) atoms. The molecule has 1 aromatic heterocycles. The lowest BCUT2D eigenvalue weighted by Gasteiger charge is -2.22. The molecule has 1 fully saturated rings. The third-order valence-electron chi connectivity index (χ3n) is 3.67. The molecule has 0 amide bonds. The average molecular weight is 309 g/mol. The fourth-order valence-corrected chi connectivity index (χ4v) is 3.42. The number of hydrogen-bond acceptors (Lipinski definition) is 2. The van der Waals surface area contributed by atoms with Gasteiger partial charge in [0.05, 0.1) is 7.11 Å². The summed E-state index contributed by atoms with van der Waals surface area (Å²) in [5.41, 5.74) is 2.48. The summed E-state index contributed by atoms with van der Waals surface area (Å²) in [5, 5.41) is 4.67. The van der Waals surface area contributed by atoms with Crippen molar-refractivity contribution in [1.29, 1.82) is 0 Å². The lowest BCUT2D eigenvalue weighted by molar-refractivity contribution is 0.415. The highest BCUT2D eigenvalue weighted by atomic mass is 79.9. The molecular weight excluding hydrogens is 292 g/mol. The van der Waals surface area contributed by atoms with Crippen molar-refractivity contribution < 1.29 is 4.74 Å². The van der Waals surface area contributed by atoms with Crippen LogP contribution in [0.5, 0.6) is 5.75 Å². The number of fused-ring (bicyclic) bond motifs is 1. The Morgan fingerprint density at radius 3 is 3.00 bits per heavy atom.